The summed E-state index contributed by atoms with van der Waals surface area (Å²) in [5, 5.41) is 11.1. The number of sulfonamides is 1. The number of hydrogen-bond donors (Lipinski definition) is 2. The maximum absolute atomic E-state index is 12.3. The topological polar surface area (TPSA) is 114 Å². The number of carbonyl (C=O) groups is 1. The molecule has 0 bridgehead atoms. The minimum absolute atomic E-state index is 0.00399. The maximum atomic E-state index is 12.3. The highest BCUT2D eigenvalue weighted by molar-refractivity contribution is 7.99. The Balaban J connectivity index is 1.59. The third kappa shape index (κ3) is 5.61. The van der Waals surface area contributed by atoms with E-state index >= 15 is 0 Å². The van der Waals surface area contributed by atoms with Crippen molar-refractivity contribution in [1.82, 2.24) is 10.2 Å². The molecule has 1 amide bonds. The first-order chi connectivity index (χ1) is 14.3. The van der Waals surface area contributed by atoms with Gasteiger partial charge in [0.1, 0.15) is 0 Å². The summed E-state index contributed by atoms with van der Waals surface area (Å²) in [6, 6.07) is 12.4. The molecule has 0 aliphatic rings. The molecule has 2 N–H and O–H groups in total. The molecule has 0 atom stereocenters. The predicted octanol–water partition coefficient (Wildman–Crippen LogP) is 3.85. The van der Waals surface area contributed by atoms with Gasteiger partial charge in [0.05, 0.1) is 11.5 Å². The highest BCUT2D eigenvalue weighted by atomic mass is 32.2. The number of aromatic nitrogens is 2. The molecule has 8 nitrogen and oxygen atoms in total. The Morgan fingerprint density at radius 3 is 2.37 bits per heavy atom. The first-order valence-electron chi connectivity index (χ1n) is 9.20. The fourth-order valence-corrected chi connectivity index (χ4v) is 3.83. The zero-order valence-corrected chi connectivity index (χ0v) is 18.4. The normalized spacial score (nSPS) is 11.3. The molecule has 3 rings (SSSR count). The number of rotatable bonds is 8. The molecule has 0 unspecified atom stereocenters. The van der Waals surface area contributed by atoms with Gasteiger partial charge in [-0.1, -0.05) is 30.0 Å². The van der Waals surface area contributed by atoms with Gasteiger partial charge in [-0.15, -0.1) is 10.2 Å². The van der Waals surface area contributed by atoms with Gasteiger partial charge < -0.3 is 9.73 Å². The average Bonchev–Trinajstić information content (AvgIpc) is 3.19. The van der Waals surface area contributed by atoms with Crippen LogP contribution in [0.3, 0.4) is 0 Å². The molecule has 2 aromatic carbocycles. The number of nitrogens with one attached hydrogen (secondary N) is 2. The van der Waals surface area contributed by atoms with Gasteiger partial charge >= 0.3 is 0 Å². The minimum atomic E-state index is -3.33. The minimum Gasteiger partial charge on any atom is -0.411 e. The summed E-state index contributed by atoms with van der Waals surface area (Å²) in [4.78, 5) is 12.3. The van der Waals surface area contributed by atoms with Crippen LogP contribution in [0.4, 0.5) is 11.4 Å². The summed E-state index contributed by atoms with van der Waals surface area (Å²) in [7, 11) is -3.33. The van der Waals surface area contributed by atoms with Crippen molar-refractivity contribution in [1.29, 1.82) is 0 Å². The SMILES string of the molecule is CCS(=O)(=O)Nc1ccc(-c2nnc(SCC(=O)Nc3c(C)cccc3C)o2)cc1. The zero-order chi connectivity index (χ0) is 21.7. The molecule has 158 valence electrons. The van der Waals surface area contributed by atoms with E-state index in [4.69, 9.17) is 4.42 Å². The molecule has 30 heavy (non-hydrogen) atoms. The molecule has 3 aromatic rings. The standard InChI is InChI=1S/C20H22N4O4S2/c1-4-30(26,27)24-16-10-8-15(9-11-16)19-22-23-20(28-19)29-12-17(25)21-18-13(2)6-5-7-14(18)3/h5-11,24H,4,12H2,1-3H3,(H,21,25). The van der Waals surface area contributed by atoms with Crippen LogP contribution < -0.4 is 10.0 Å². The molecule has 0 fully saturated rings. The van der Waals surface area contributed by atoms with Gasteiger partial charge in [-0.2, -0.15) is 0 Å². The molecule has 1 heterocycles. The van der Waals surface area contributed by atoms with Crippen molar-refractivity contribution in [2.24, 2.45) is 0 Å². The summed E-state index contributed by atoms with van der Waals surface area (Å²) in [5.74, 6) is 0.255. The second-order valence-electron chi connectivity index (χ2n) is 6.56. The van der Waals surface area contributed by atoms with E-state index < -0.39 is 10.0 Å². The van der Waals surface area contributed by atoms with Crippen molar-refractivity contribution in [3.63, 3.8) is 0 Å². The lowest BCUT2D eigenvalue weighted by Crippen LogP contribution is -2.15. The summed E-state index contributed by atoms with van der Waals surface area (Å²) in [5.41, 5.74) is 3.91. The number of hydrogen-bond acceptors (Lipinski definition) is 7. The van der Waals surface area contributed by atoms with Gasteiger partial charge in [-0.25, -0.2) is 8.42 Å². The number of aryl methyl sites for hydroxylation is 2. The largest absolute Gasteiger partial charge is 0.411 e. The van der Waals surface area contributed by atoms with Crippen LogP contribution in [-0.2, 0) is 14.8 Å². The Labute approximate surface area is 179 Å². The van der Waals surface area contributed by atoms with Crippen molar-refractivity contribution in [2.75, 3.05) is 21.5 Å². The quantitative estimate of drug-likeness (QED) is 0.505. The number of nitrogens with zero attached hydrogens (tertiary/aromatic N) is 2. The van der Waals surface area contributed by atoms with E-state index in [1.165, 1.54) is 0 Å². The third-order valence-corrected chi connectivity index (χ3v) is 6.39. The fourth-order valence-electron chi connectivity index (χ4n) is 2.63. The smallest absolute Gasteiger partial charge is 0.277 e. The summed E-state index contributed by atoms with van der Waals surface area (Å²) in [6.07, 6.45) is 0. The first kappa shape index (κ1) is 21.8. The lowest BCUT2D eigenvalue weighted by molar-refractivity contribution is -0.113. The van der Waals surface area contributed by atoms with Gasteiger partial charge in [0.2, 0.25) is 21.8 Å². The number of benzene rings is 2. The van der Waals surface area contributed by atoms with Crippen LogP contribution in [0, 0.1) is 13.8 Å². The van der Waals surface area contributed by atoms with Gasteiger partial charge in [-0.05, 0) is 56.2 Å². The van der Waals surface area contributed by atoms with Crippen LogP contribution in [0.15, 0.2) is 52.1 Å². The van der Waals surface area contributed by atoms with Crippen LogP contribution in [0.1, 0.15) is 18.1 Å². The third-order valence-electron chi connectivity index (χ3n) is 4.26. The molecule has 0 spiro atoms. The lowest BCUT2D eigenvalue weighted by Gasteiger charge is -2.10. The highest BCUT2D eigenvalue weighted by Gasteiger charge is 2.13. The van der Waals surface area contributed by atoms with Gasteiger partial charge in [0, 0.05) is 16.9 Å². The van der Waals surface area contributed by atoms with Crippen molar-refractivity contribution < 1.29 is 17.6 Å². The summed E-state index contributed by atoms with van der Waals surface area (Å²) >= 11 is 1.15. The van der Waals surface area contributed by atoms with Gasteiger partial charge in [-0.3, -0.25) is 9.52 Å². The van der Waals surface area contributed by atoms with E-state index in [0.29, 0.717) is 11.3 Å². The molecular weight excluding hydrogens is 424 g/mol. The van der Waals surface area contributed by atoms with Gasteiger partial charge in [0.25, 0.3) is 5.22 Å². The molecule has 0 aliphatic carbocycles. The van der Waals surface area contributed by atoms with Gasteiger partial charge in [0.15, 0.2) is 0 Å². The molecule has 0 saturated carbocycles. The maximum Gasteiger partial charge on any atom is 0.277 e. The second kappa shape index (κ2) is 9.31. The Hall–Kier alpha value is -2.85. The van der Waals surface area contributed by atoms with Crippen LogP contribution in [-0.4, -0.2) is 36.0 Å². The fraction of sp³-hybridized carbons (Fsp3) is 0.250. The molecule has 0 saturated heterocycles. The zero-order valence-electron chi connectivity index (χ0n) is 16.8. The van der Waals surface area contributed by atoms with E-state index in [2.05, 4.69) is 20.2 Å². The molecule has 10 heteroatoms. The van der Waals surface area contributed by atoms with Crippen LogP contribution in [0.5, 0.6) is 0 Å². The van der Waals surface area contributed by atoms with E-state index in [-0.39, 0.29) is 28.5 Å². The van der Waals surface area contributed by atoms with E-state index in [0.717, 1.165) is 28.6 Å². The van der Waals surface area contributed by atoms with Crippen LogP contribution in [0.25, 0.3) is 11.5 Å². The Bertz CT molecular complexity index is 1120. The monoisotopic (exact) mass is 446 g/mol. The molecular formula is C20H22N4O4S2. The van der Waals surface area contributed by atoms with Crippen molar-refractivity contribution in [3.8, 4) is 11.5 Å². The van der Waals surface area contributed by atoms with Crippen LogP contribution in [0.2, 0.25) is 0 Å². The van der Waals surface area contributed by atoms with Crippen molar-refractivity contribution in [3.05, 3.63) is 53.6 Å². The first-order valence-corrected chi connectivity index (χ1v) is 11.8. The van der Waals surface area contributed by atoms with E-state index in [1.807, 2.05) is 32.0 Å². The Morgan fingerprint density at radius 2 is 1.73 bits per heavy atom. The van der Waals surface area contributed by atoms with E-state index in [9.17, 15) is 13.2 Å². The summed E-state index contributed by atoms with van der Waals surface area (Å²) in [6.45, 7) is 5.45. The number of amides is 1. The number of anilines is 2. The lowest BCUT2D eigenvalue weighted by atomic mass is 10.1. The molecule has 0 radical (unpaired) electrons. The second-order valence-corrected chi connectivity index (χ2v) is 9.50. The number of carbonyl (C=O) groups excluding carboxylic acids is 1. The molecule has 1 aromatic heterocycles. The number of para-hydroxylation sites is 1. The predicted molar refractivity (Wildman–Crippen MR) is 118 cm³/mol. The van der Waals surface area contributed by atoms with E-state index in [1.54, 1.807) is 31.2 Å². The number of thioether (sulfide) groups is 1. The Kier molecular flexibility index (Phi) is 6.78. The Morgan fingerprint density at radius 1 is 1.07 bits per heavy atom. The van der Waals surface area contributed by atoms with Crippen LogP contribution >= 0.6 is 11.8 Å². The highest BCUT2D eigenvalue weighted by Crippen LogP contribution is 2.25. The van der Waals surface area contributed by atoms with Crippen molar-refractivity contribution in [2.45, 2.75) is 26.0 Å². The van der Waals surface area contributed by atoms with Crippen molar-refractivity contribution >= 4 is 39.1 Å². The average molecular weight is 447 g/mol. The summed E-state index contributed by atoms with van der Waals surface area (Å²) < 4.78 is 31.3. The molecule has 0 aliphatic heterocycles.